The van der Waals surface area contributed by atoms with Crippen molar-refractivity contribution in [1.29, 1.82) is 0 Å². The second kappa shape index (κ2) is 8.65. The molecule has 2 heterocycles. The van der Waals surface area contributed by atoms with Crippen molar-refractivity contribution in [2.75, 3.05) is 11.1 Å². The van der Waals surface area contributed by atoms with Crippen molar-refractivity contribution >= 4 is 29.4 Å². The molecule has 0 bridgehead atoms. The van der Waals surface area contributed by atoms with Crippen LogP contribution in [-0.2, 0) is 16.6 Å². The summed E-state index contributed by atoms with van der Waals surface area (Å²) in [6.07, 6.45) is 0. The van der Waals surface area contributed by atoms with Crippen molar-refractivity contribution in [3.8, 4) is 11.5 Å². The Balaban J connectivity index is 1.63. The summed E-state index contributed by atoms with van der Waals surface area (Å²) in [5, 5.41) is 21.5. The quantitative estimate of drug-likeness (QED) is 0.574. The van der Waals surface area contributed by atoms with E-state index in [2.05, 4.69) is 35.8 Å². The number of benzene rings is 1. The highest BCUT2D eigenvalue weighted by molar-refractivity contribution is 7.99. The predicted molar refractivity (Wildman–Crippen MR) is 102 cm³/mol. The van der Waals surface area contributed by atoms with Crippen LogP contribution in [-0.4, -0.2) is 42.6 Å². The van der Waals surface area contributed by atoms with Gasteiger partial charge >= 0.3 is 0 Å². The molecule has 10 nitrogen and oxygen atoms in total. The van der Waals surface area contributed by atoms with Gasteiger partial charge in [-0.25, -0.2) is 4.63 Å². The first kappa shape index (κ1) is 19.5. The van der Waals surface area contributed by atoms with E-state index in [0.717, 1.165) is 5.56 Å². The number of anilines is 1. The van der Waals surface area contributed by atoms with Gasteiger partial charge in [-0.05, 0) is 22.8 Å². The molecule has 146 valence electrons. The molecule has 11 heteroatoms. The number of rotatable bonds is 7. The fraction of sp³-hybridized carbons (Fsp3) is 0.294. The van der Waals surface area contributed by atoms with E-state index in [-0.39, 0.29) is 35.1 Å². The van der Waals surface area contributed by atoms with Gasteiger partial charge in [-0.3, -0.25) is 9.59 Å². The molecule has 1 unspecified atom stereocenters. The fourth-order valence-corrected chi connectivity index (χ4v) is 3.19. The number of carbonyl (C=O) groups is 2. The summed E-state index contributed by atoms with van der Waals surface area (Å²) >= 11 is 1.24. The predicted octanol–water partition coefficient (Wildman–Crippen LogP) is 1.79. The summed E-state index contributed by atoms with van der Waals surface area (Å²) in [4.78, 5) is 23.5. The zero-order chi connectivity index (χ0) is 20.1. The SMILES string of the molecule is CC(=O)Nc1nonc1-c1nnc(SCC(=O)NC(C)c2ccccc2)n1C. The molecule has 1 aromatic carbocycles. The van der Waals surface area contributed by atoms with Crippen molar-refractivity contribution in [3.63, 3.8) is 0 Å². The van der Waals surface area contributed by atoms with Gasteiger partial charge in [-0.2, -0.15) is 0 Å². The summed E-state index contributed by atoms with van der Waals surface area (Å²) in [5.41, 5.74) is 1.30. The van der Waals surface area contributed by atoms with Gasteiger partial charge in [0.15, 0.2) is 16.7 Å². The molecule has 28 heavy (non-hydrogen) atoms. The molecule has 3 rings (SSSR count). The Bertz CT molecular complexity index is 970. The van der Waals surface area contributed by atoms with Crippen molar-refractivity contribution in [2.45, 2.75) is 25.0 Å². The Morgan fingerprint density at radius 2 is 1.96 bits per heavy atom. The third-order valence-electron chi connectivity index (χ3n) is 3.84. The van der Waals surface area contributed by atoms with E-state index in [1.54, 1.807) is 11.6 Å². The summed E-state index contributed by atoms with van der Waals surface area (Å²) in [7, 11) is 1.73. The third-order valence-corrected chi connectivity index (χ3v) is 4.86. The maximum atomic E-state index is 12.2. The van der Waals surface area contributed by atoms with Gasteiger partial charge in [0.05, 0.1) is 11.8 Å². The smallest absolute Gasteiger partial charge is 0.230 e. The minimum absolute atomic E-state index is 0.0919. The number of nitrogens with one attached hydrogen (secondary N) is 2. The Hall–Kier alpha value is -3.21. The standard InChI is InChI=1S/C17H19N7O3S/c1-10(12-7-5-4-6-8-12)18-13(26)9-28-17-21-20-16(24(17)3)14-15(19-11(2)25)23-27-22-14/h4-8,10H,9H2,1-3H3,(H,18,26)(H,19,23,25). The van der Waals surface area contributed by atoms with Crippen LogP contribution in [0.1, 0.15) is 25.5 Å². The van der Waals surface area contributed by atoms with Gasteiger partial charge in [0.1, 0.15) is 0 Å². The highest BCUT2D eigenvalue weighted by atomic mass is 32.2. The van der Waals surface area contributed by atoms with Crippen LogP contribution in [0, 0.1) is 0 Å². The Morgan fingerprint density at radius 3 is 2.68 bits per heavy atom. The van der Waals surface area contributed by atoms with Crippen molar-refractivity contribution < 1.29 is 14.2 Å². The van der Waals surface area contributed by atoms with Crippen LogP contribution in [0.3, 0.4) is 0 Å². The lowest BCUT2D eigenvalue weighted by Crippen LogP contribution is -2.28. The molecule has 0 spiro atoms. The van der Waals surface area contributed by atoms with E-state index in [9.17, 15) is 9.59 Å². The summed E-state index contributed by atoms with van der Waals surface area (Å²) in [6.45, 7) is 3.28. The second-order valence-electron chi connectivity index (χ2n) is 6.00. The van der Waals surface area contributed by atoms with Crippen LogP contribution in [0.15, 0.2) is 40.1 Å². The summed E-state index contributed by atoms with van der Waals surface area (Å²) in [5.74, 6) is 0.282. The van der Waals surface area contributed by atoms with Crippen LogP contribution >= 0.6 is 11.8 Å². The molecule has 3 aromatic rings. The number of hydrogen-bond donors (Lipinski definition) is 2. The van der Waals surface area contributed by atoms with Crippen LogP contribution < -0.4 is 10.6 Å². The molecule has 0 aliphatic rings. The molecule has 0 radical (unpaired) electrons. The van der Waals surface area contributed by atoms with E-state index in [4.69, 9.17) is 0 Å². The number of hydrogen-bond acceptors (Lipinski definition) is 8. The maximum absolute atomic E-state index is 12.2. The van der Waals surface area contributed by atoms with Gasteiger partial charge in [0, 0.05) is 14.0 Å². The van der Waals surface area contributed by atoms with Gasteiger partial charge in [-0.1, -0.05) is 42.1 Å². The van der Waals surface area contributed by atoms with E-state index >= 15 is 0 Å². The molecule has 0 saturated carbocycles. The molecule has 1 atom stereocenters. The van der Waals surface area contributed by atoms with Crippen LogP contribution in [0.4, 0.5) is 5.82 Å². The first-order chi connectivity index (χ1) is 13.5. The largest absolute Gasteiger partial charge is 0.349 e. The Kier molecular flexibility index (Phi) is 6.04. The molecule has 0 aliphatic carbocycles. The number of amides is 2. The first-order valence-corrected chi connectivity index (χ1v) is 9.41. The average molecular weight is 401 g/mol. The van der Waals surface area contributed by atoms with Gasteiger partial charge in [0.2, 0.25) is 17.6 Å². The van der Waals surface area contributed by atoms with Gasteiger partial charge in [-0.15, -0.1) is 10.2 Å². The van der Waals surface area contributed by atoms with E-state index < -0.39 is 0 Å². The van der Waals surface area contributed by atoms with Crippen LogP contribution in [0.2, 0.25) is 0 Å². The Morgan fingerprint density at radius 1 is 1.21 bits per heavy atom. The van der Waals surface area contributed by atoms with Crippen molar-refractivity contribution in [1.82, 2.24) is 30.4 Å². The van der Waals surface area contributed by atoms with Crippen molar-refractivity contribution in [3.05, 3.63) is 35.9 Å². The minimum atomic E-state index is -0.307. The van der Waals surface area contributed by atoms with Crippen molar-refractivity contribution in [2.24, 2.45) is 7.05 Å². The minimum Gasteiger partial charge on any atom is -0.349 e. The topological polar surface area (TPSA) is 128 Å². The van der Waals surface area contributed by atoms with E-state index in [1.165, 1.54) is 18.7 Å². The molecule has 2 aromatic heterocycles. The van der Waals surface area contributed by atoms with Crippen LogP contribution in [0.5, 0.6) is 0 Å². The van der Waals surface area contributed by atoms with Crippen LogP contribution in [0.25, 0.3) is 11.5 Å². The van der Waals surface area contributed by atoms with Gasteiger partial charge in [0.25, 0.3) is 0 Å². The van der Waals surface area contributed by atoms with E-state index in [1.807, 2.05) is 37.3 Å². The lowest BCUT2D eigenvalue weighted by molar-refractivity contribution is -0.119. The van der Waals surface area contributed by atoms with E-state index in [0.29, 0.717) is 11.0 Å². The average Bonchev–Trinajstić information content (AvgIpc) is 3.26. The number of aromatic nitrogens is 5. The lowest BCUT2D eigenvalue weighted by Gasteiger charge is -2.13. The molecule has 0 fully saturated rings. The molecule has 0 aliphatic heterocycles. The highest BCUT2D eigenvalue weighted by Gasteiger charge is 2.21. The zero-order valence-corrected chi connectivity index (χ0v) is 16.4. The molecule has 2 N–H and O–H groups in total. The Labute approximate surface area is 165 Å². The second-order valence-corrected chi connectivity index (χ2v) is 6.94. The molecular formula is C17H19N7O3S. The zero-order valence-electron chi connectivity index (χ0n) is 15.5. The van der Waals surface area contributed by atoms with Gasteiger partial charge < -0.3 is 15.2 Å². The molecular weight excluding hydrogens is 382 g/mol. The molecule has 0 saturated heterocycles. The number of thioether (sulfide) groups is 1. The first-order valence-electron chi connectivity index (χ1n) is 8.42. The third kappa shape index (κ3) is 4.55. The monoisotopic (exact) mass is 401 g/mol. The number of carbonyl (C=O) groups excluding carboxylic acids is 2. The fourth-order valence-electron chi connectivity index (χ4n) is 2.47. The summed E-state index contributed by atoms with van der Waals surface area (Å²) in [6, 6.07) is 9.63. The lowest BCUT2D eigenvalue weighted by atomic mass is 10.1. The normalized spacial score (nSPS) is 11.8. The maximum Gasteiger partial charge on any atom is 0.230 e. The summed E-state index contributed by atoms with van der Waals surface area (Å²) < 4.78 is 6.34. The highest BCUT2D eigenvalue weighted by Crippen LogP contribution is 2.26. The molecule has 2 amide bonds. The number of nitrogens with zero attached hydrogens (tertiary/aromatic N) is 5.